The van der Waals surface area contributed by atoms with E-state index in [0.717, 1.165) is 32.5 Å². The zero-order valence-corrected chi connectivity index (χ0v) is 11.2. The Balaban J connectivity index is 1.44. The van der Waals surface area contributed by atoms with Crippen LogP contribution in [0.15, 0.2) is 0 Å². The quantitative estimate of drug-likeness (QED) is 0.743. The molecule has 0 aromatic carbocycles. The molecule has 0 radical (unpaired) electrons. The fraction of sp³-hybridized carbons (Fsp3) is 0.929. The summed E-state index contributed by atoms with van der Waals surface area (Å²) in [6, 6.07) is 0. The first kappa shape index (κ1) is 12.4. The standard InChI is InChI=1S/C14H24N2O2/c1-2-3-6-15-14(17)9-16-7-10-11(8-16)13-5-4-12(10)18-13/h10-13H,2-9H2,1H3,(H,15,17)/t10-,11-,12-,13-/m1/s1. The van der Waals surface area contributed by atoms with Crippen LogP contribution < -0.4 is 5.32 Å². The maximum Gasteiger partial charge on any atom is 0.234 e. The summed E-state index contributed by atoms with van der Waals surface area (Å²) in [4.78, 5) is 14.1. The van der Waals surface area contributed by atoms with E-state index in [0.29, 0.717) is 30.6 Å². The summed E-state index contributed by atoms with van der Waals surface area (Å²) in [5.74, 6) is 1.59. The van der Waals surface area contributed by atoms with E-state index in [1.54, 1.807) is 0 Å². The summed E-state index contributed by atoms with van der Waals surface area (Å²) in [6.07, 6.45) is 5.68. The smallest absolute Gasteiger partial charge is 0.234 e. The van der Waals surface area contributed by atoms with E-state index in [1.807, 2.05) is 0 Å². The highest BCUT2D eigenvalue weighted by molar-refractivity contribution is 5.78. The molecule has 18 heavy (non-hydrogen) atoms. The maximum absolute atomic E-state index is 11.8. The highest BCUT2D eigenvalue weighted by atomic mass is 16.5. The molecule has 3 aliphatic rings. The minimum atomic E-state index is 0.191. The van der Waals surface area contributed by atoms with Gasteiger partial charge in [-0.2, -0.15) is 0 Å². The molecule has 4 atom stereocenters. The predicted octanol–water partition coefficient (Wildman–Crippen LogP) is 1.01. The SMILES string of the molecule is CCCCNC(=O)CN1C[C@@H]2[C@@H](C1)[C@H]1CC[C@H]2O1. The Morgan fingerprint density at radius 2 is 1.94 bits per heavy atom. The molecule has 3 saturated heterocycles. The van der Waals surface area contributed by atoms with Gasteiger partial charge in [0.15, 0.2) is 0 Å². The number of ether oxygens (including phenoxy) is 1. The number of carbonyl (C=O) groups excluding carboxylic acids is 1. The number of fused-ring (bicyclic) bond motifs is 5. The molecule has 0 aromatic heterocycles. The molecule has 1 N–H and O–H groups in total. The van der Waals surface area contributed by atoms with Crippen molar-refractivity contribution in [3.63, 3.8) is 0 Å². The van der Waals surface area contributed by atoms with E-state index < -0.39 is 0 Å². The van der Waals surface area contributed by atoms with Crippen molar-refractivity contribution in [2.24, 2.45) is 11.8 Å². The van der Waals surface area contributed by atoms with Gasteiger partial charge in [-0.25, -0.2) is 0 Å². The number of amides is 1. The number of hydrogen-bond acceptors (Lipinski definition) is 3. The van der Waals surface area contributed by atoms with Crippen LogP contribution in [0.5, 0.6) is 0 Å². The third-order valence-corrected chi connectivity index (χ3v) is 4.75. The van der Waals surface area contributed by atoms with Gasteiger partial charge in [-0.1, -0.05) is 13.3 Å². The van der Waals surface area contributed by atoms with Crippen molar-refractivity contribution in [3.05, 3.63) is 0 Å². The number of nitrogens with zero attached hydrogens (tertiary/aromatic N) is 1. The van der Waals surface area contributed by atoms with E-state index in [1.165, 1.54) is 12.8 Å². The van der Waals surface area contributed by atoms with Crippen LogP contribution in [0.1, 0.15) is 32.6 Å². The maximum atomic E-state index is 11.8. The average molecular weight is 252 g/mol. The molecule has 0 aliphatic carbocycles. The van der Waals surface area contributed by atoms with Crippen molar-refractivity contribution >= 4 is 5.91 Å². The number of nitrogens with one attached hydrogen (secondary N) is 1. The number of likely N-dealkylation sites (tertiary alicyclic amines) is 1. The molecule has 2 bridgehead atoms. The molecule has 4 nitrogen and oxygen atoms in total. The van der Waals surface area contributed by atoms with Crippen molar-refractivity contribution in [2.75, 3.05) is 26.2 Å². The van der Waals surface area contributed by atoms with Crippen molar-refractivity contribution in [3.8, 4) is 0 Å². The van der Waals surface area contributed by atoms with Crippen LogP contribution in [-0.2, 0) is 9.53 Å². The van der Waals surface area contributed by atoms with Crippen LogP contribution >= 0.6 is 0 Å². The van der Waals surface area contributed by atoms with Crippen LogP contribution in [0.4, 0.5) is 0 Å². The highest BCUT2D eigenvalue weighted by Gasteiger charge is 2.52. The summed E-state index contributed by atoms with van der Waals surface area (Å²) in [5, 5.41) is 3.00. The van der Waals surface area contributed by atoms with Gasteiger partial charge in [0.25, 0.3) is 0 Å². The minimum absolute atomic E-state index is 0.191. The average Bonchev–Trinajstić information content (AvgIpc) is 2.99. The van der Waals surface area contributed by atoms with Crippen LogP contribution in [-0.4, -0.2) is 49.2 Å². The summed E-state index contributed by atoms with van der Waals surface area (Å²) < 4.78 is 5.94. The van der Waals surface area contributed by atoms with E-state index in [-0.39, 0.29) is 5.91 Å². The molecule has 0 spiro atoms. The molecule has 0 aromatic rings. The normalized spacial score (nSPS) is 38.1. The van der Waals surface area contributed by atoms with E-state index in [2.05, 4.69) is 17.1 Å². The zero-order valence-electron chi connectivity index (χ0n) is 11.2. The fourth-order valence-electron chi connectivity index (χ4n) is 3.84. The fourth-order valence-corrected chi connectivity index (χ4v) is 3.84. The van der Waals surface area contributed by atoms with Crippen molar-refractivity contribution in [1.82, 2.24) is 10.2 Å². The van der Waals surface area contributed by atoms with Gasteiger partial charge in [0, 0.05) is 31.5 Å². The summed E-state index contributed by atoms with van der Waals surface area (Å²) >= 11 is 0. The molecule has 4 heteroatoms. The zero-order chi connectivity index (χ0) is 12.5. The second kappa shape index (κ2) is 5.17. The van der Waals surface area contributed by atoms with Gasteiger partial charge in [-0.15, -0.1) is 0 Å². The van der Waals surface area contributed by atoms with Crippen LogP contribution in [0.25, 0.3) is 0 Å². The van der Waals surface area contributed by atoms with Crippen LogP contribution in [0, 0.1) is 11.8 Å². The Kier molecular flexibility index (Phi) is 3.57. The van der Waals surface area contributed by atoms with Crippen LogP contribution in [0.2, 0.25) is 0 Å². The third kappa shape index (κ3) is 2.28. The van der Waals surface area contributed by atoms with Crippen LogP contribution in [0.3, 0.4) is 0 Å². The topological polar surface area (TPSA) is 41.6 Å². The van der Waals surface area contributed by atoms with Gasteiger partial charge in [0.1, 0.15) is 0 Å². The lowest BCUT2D eigenvalue weighted by Gasteiger charge is -2.18. The highest BCUT2D eigenvalue weighted by Crippen LogP contribution is 2.46. The van der Waals surface area contributed by atoms with E-state index >= 15 is 0 Å². The second-order valence-corrected chi connectivity index (χ2v) is 6.02. The number of rotatable bonds is 5. The second-order valence-electron chi connectivity index (χ2n) is 6.02. The molecular weight excluding hydrogens is 228 g/mol. The number of unbranched alkanes of at least 4 members (excludes halogenated alkanes) is 1. The predicted molar refractivity (Wildman–Crippen MR) is 69.2 cm³/mol. The summed E-state index contributed by atoms with van der Waals surface area (Å²) in [7, 11) is 0. The monoisotopic (exact) mass is 252 g/mol. The van der Waals surface area contributed by atoms with Gasteiger partial charge < -0.3 is 10.1 Å². The Hall–Kier alpha value is -0.610. The third-order valence-electron chi connectivity index (χ3n) is 4.75. The molecule has 102 valence electrons. The lowest BCUT2D eigenvalue weighted by atomic mass is 9.82. The van der Waals surface area contributed by atoms with E-state index in [4.69, 9.17) is 4.74 Å². The van der Waals surface area contributed by atoms with Gasteiger partial charge >= 0.3 is 0 Å². The largest absolute Gasteiger partial charge is 0.374 e. The van der Waals surface area contributed by atoms with E-state index in [9.17, 15) is 4.79 Å². The number of hydrogen-bond donors (Lipinski definition) is 1. The Bertz CT molecular complexity index is 303. The molecule has 3 rings (SSSR count). The molecule has 0 saturated carbocycles. The summed E-state index contributed by atoms with van der Waals surface area (Å²) in [5.41, 5.74) is 0. The van der Waals surface area contributed by atoms with Crippen molar-refractivity contribution in [2.45, 2.75) is 44.8 Å². The number of carbonyl (C=O) groups is 1. The van der Waals surface area contributed by atoms with Crippen molar-refractivity contribution in [1.29, 1.82) is 0 Å². The Morgan fingerprint density at radius 1 is 1.28 bits per heavy atom. The van der Waals surface area contributed by atoms with Gasteiger partial charge in [-0.3, -0.25) is 9.69 Å². The minimum Gasteiger partial charge on any atom is -0.374 e. The first-order chi connectivity index (χ1) is 8.78. The van der Waals surface area contributed by atoms with Gasteiger partial charge in [-0.05, 0) is 19.3 Å². The summed E-state index contributed by atoms with van der Waals surface area (Å²) in [6.45, 7) is 5.67. The van der Waals surface area contributed by atoms with Gasteiger partial charge in [0.2, 0.25) is 5.91 Å². The first-order valence-corrected chi connectivity index (χ1v) is 7.42. The molecule has 3 aliphatic heterocycles. The molecule has 1 amide bonds. The first-order valence-electron chi connectivity index (χ1n) is 7.42. The van der Waals surface area contributed by atoms with Gasteiger partial charge in [0.05, 0.1) is 18.8 Å². The molecule has 0 unspecified atom stereocenters. The molecular formula is C14H24N2O2. The Morgan fingerprint density at radius 3 is 2.56 bits per heavy atom. The lowest BCUT2D eigenvalue weighted by Crippen LogP contribution is -2.37. The lowest BCUT2D eigenvalue weighted by molar-refractivity contribution is -0.122. The molecule has 3 heterocycles. The molecule has 3 fully saturated rings. The van der Waals surface area contributed by atoms with Crippen molar-refractivity contribution < 1.29 is 9.53 Å². The Labute approximate surface area is 109 Å².